The molecule has 126 valence electrons. The Kier molecular flexibility index (Phi) is 4.13. The van der Waals surface area contributed by atoms with E-state index >= 15 is 0 Å². The van der Waals surface area contributed by atoms with Crippen LogP contribution < -0.4 is 4.74 Å². The third-order valence-electron chi connectivity index (χ3n) is 6.63. The Hall–Kier alpha value is -1.02. The molecule has 4 aliphatic carbocycles. The van der Waals surface area contributed by atoms with E-state index in [1.807, 2.05) is 0 Å². The van der Waals surface area contributed by atoms with Crippen molar-refractivity contribution in [1.29, 1.82) is 0 Å². The van der Waals surface area contributed by atoms with Crippen LogP contribution in [-0.4, -0.2) is 12.4 Å². The van der Waals surface area contributed by atoms with E-state index in [0.717, 1.165) is 23.5 Å². The standard InChI is InChI=1S/C21H30O2/c1-3-15(2)19-4-6-20(7-5-19)22-14-23-21-11-16-8-17(12-21)10-18(9-16)13-21/h4-7,15-18H,3,8-14H2,1-2H3. The van der Waals surface area contributed by atoms with Crippen LogP contribution in [0.2, 0.25) is 0 Å². The van der Waals surface area contributed by atoms with Gasteiger partial charge in [-0.1, -0.05) is 26.0 Å². The van der Waals surface area contributed by atoms with Crippen molar-refractivity contribution in [1.82, 2.24) is 0 Å². The predicted octanol–water partition coefficient (Wildman–Crippen LogP) is 5.52. The Balaban J connectivity index is 1.32. The first-order valence-corrected chi connectivity index (χ1v) is 9.52. The largest absolute Gasteiger partial charge is 0.468 e. The molecule has 1 atom stereocenters. The Morgan fingerprint density at radius 1 is 1.00 bits per heavy atom. The topological polar surface area (TPSA) is 18.5 Å². The number of hydrogen-bond acceptors (Lipinski definition) is 2. The van der Waals surface area contributed by atoms with Gasteiger partial charge in [0.2, 0.25) is 0 Å². The molecule has 0 aliphatic heterocycles. The fraction of sp³-hybridized carbons (Fsp3) is 0.714. The first-order valence-electron chi connectivity index (χ1n) is 9.52. The number of rotatable bonds is 6. The minimum atomic E-state index is 0.144. The summed E-state index contributed by atoms with van der Waals surface area (Å²) in [5.41, 5.74) is 1.53. The van der Waals surface area contributed by atoms with Gasteiger partial charge in [0.15, 0.2) is 6.79 Å². The first-order chi connectivity index (χ1) is 11.2. The summed E-state index contributed by atoms with van der Waals surface area (Å²) in [5.74, 6) is 4.33. The fourth-order valence-electron chi connectivity index (χ4n) is 5.56. The third-order valence-corrected chi connectivity index (χ3v) is 6.63. The molecule has 0 spiro atoms. The molecule has 1 aromatic carbocycles. The van der Waals surface area contributed by atoms with Gasteiger partial charge in [-0.15, -0.1) is 0 Å². The van der Waals surface area contributed by atoms with E-state index in [9.17, 15) is 0 Å². The molecule has 2 nitrogen and oxygen atoms in total. The van der Waals surface area contributed by atoms with Gasteiger partial charge in [-0.3, -0.25) is 0 Å². The zero-order valence-corrected chi connectivity index (χ0v) is 14.6. The molecule has 0 amide bonds. The summed E-state index contributed by atoms with van der Waals surface area (Å²) < 4.78 is 12.2. The van der Waals surface area contributed by atoms with Crippen LogP contribution in [0.4, 0.5) is 0 Å². The van der Waals surface area contributed by atoms with Crippen molar-refractivity contribution in [2.75, 3.05) is 6.79 Å². The average Bonchev–Trinajstić information content (AvgIpc) is 2.53. The van der Waals surface area contributed by atoms with Gasteiger partial charge in [-0.25, -0.2) is 0 Å². The summed E-state index contributed by atoms with van der Waals surface area (Å²) in [6, 6.07) is 8.55. The Labute approximate surface area is 140 Å². The van der Waals surface area contributed by atoms with Crippen molar-refractivity contribution >= 4 is 0 Å². The molecule has 23 heavy (non-hydrogen) atoms. The molecule has 4 aliphatic rings. The highest BCUT2D eigenvalue weighted by molar-refractivity contribution is 5.29. The van der Waals surface area contributed by atoms with Gasteiger partial charge < -0.3 is 9.47 Å². The highest BCUT2D eigenvalue weighted by Crippen LogP contribution is 2.57. The molecule has 0 N–H and O–H groups in total. The summed E-state index contributed by atoms with van der Waals surface area (Å²) >= 11 is 0. The molecule has 4 fully saturated rings. The van der Waals surface area contributed by atoms with Crippen molar-refractivity contribution in [2.45, 2.75) is 70.3 Å². The lowest BCUT2D eigenvalue weighted by Crippen LogP contribution is -2.52. The van der Waals surface area contributed by atoms with Crippen LogP contribution >= 0.6 is 0 Å². The minimum Gasteiger partial charge on any atom is -0.468 e. The molecule has 1 unspecified atom stereocenters. The zero-order valence-electron chi connectivity index (χ0n) is 14.6. The maximum Gasteiger partial charge on any atom is 0.189 e. The predicted molar refractivity (Wildman–Crippen MR) is 92.6 cm³/mol. The summed E-state index contributed by atoms with van der Waals surface area (Å²) in [6.07, 6.45) is 9.37. The van der Waals surface area contributed by atoms with Crippen LogP contribution in [-0.2, 0) is 4.74 Å². The van der Waals surface area contributed by atoms with E-state index in [1.54, 1.807) is 0 Å². The summed E-state index contributed by atoms with van der Waals surface area (Å²) in [4.78, 5) is 0. The van der Waals surface area contributed by atoms with Crippen LogP contribution in [0, 0.1) is 17.8 Å². The van der Waals surface area contributed by atoms with Crippen LogP contribution in [0.15, 0.2) is 24.3 Å². The van der Waals surface area contributed by atoms with E-state index in [1.165, 1.54) is 50.5 Å². The molecule has 0 aromatic heterocycles. The molecule has 4 bridgehead atoms. The van der Waals surface area contributed by atoms with Crippen LogP contribution in [0.1, 0.15) is 70.3 Å². The molecule has 0 saturated heterocycles. The molecule has 2 heteroatoms. The average molecular weight is 314 g/mol. The van der Waals surface area contributed by atoms with Crippen molar-refractivity contribution in [3.63, 3.8) is 0 Å². The van der Waals surface area contributed by atoms with E-state index in [2.05, 4.69) is 38.1 Å². The molecular formula is C21H30O2. The second-order valence-electron chi connectivity index (χ2n) is 8.39. The van der Waals surface area contributed by atoms with Gasteiger partial charge in [-0.2, -0.15) is 0 Å². The zero-order chi connectivity index (χ0) is 15.9. The van der Waals surface area contributed by atoms with Gasteiger partial charge in [0.05, 0.1) is 5.60 Å². The quantitative estimate of drug-likeness (QED) is 0.643. The van der Waals surface area contributed by atoms with Crippen LogP contribution in [0.25, 0.3) is 0 Å². The third kappa shape index (κ3) is 3.15. The van der Waals surface area contributed by atoms with Gasteiger partial charge in [0.1, 0.15) is 5.75 Å². The summed E-state index contributed by atoms with van der Waals surface area (Å²) in [7, 11) is 0. The Morgan fingerprint density at radius 2 is 1.57 bits per heavy atom. The number of ether oxygens (including phenoxy) is 2. The maximum absolute atomic E-state index is 6.32. The highest BCUT2D eigenvalue weighted by atomic mass is 16.7. The van der Waals surface area contributed by atoms with Crippen molar-refractivity contribution in [3.05, 3.63) is 29.8 Å². The highest BCUT2D eigenvalue weighted by Gasteiger charge is 2.51. The van der Waals surface area contributed by atoms with E-state index in [4.69, 9.17) is 9.47 Å². The minimum absolute atomic E-state index is 0.144. The van der Waals surface area contributed by atoms with Gasteiger partial charge in [-0.05, 0) is 86.3 Å². The Morgan fingerprint density at radius 3 is 2.09 bits per heavy atom. The van der Waals surface area contributed by atoms with E-state index < -0.39 is 0 Å². The van der Waals surface area contributed by atoms with E-state index in [-0.39, 0.29) is 5.60 Å². The molecule has 0 radical (unpaired) electrons. The molecule has 0 heterocycles. The Bertz CT molecular complexity index is 498. The molecule has 1 aromatic rings. The smallest absolute Gasteiger partial charge is 0.189 e. The molecular weight excluding hydrogens is 284 g/mol. The van der Waals surface area contributed by atoms with Crippen LogP contribution in [0.3, 0.4) is 0 Å². The van der Waals surface area contributed by atoms with Crippen LogP contribution in [0.5, 0.6) is 5.75 Å². The SMILES string of the molecule is CCC(C)c1ccc(OCOC23CC4CC(CC(C4)C2)C3)cc1. The normalized spacial score (nSPS) is 36.2. The van der Waals surface area contributed by atoms with Gasteiger partial charge in [0, 0.05) is 0 Å². The maximum atomic E-state index is 6.32. The van der Waals surface area contributed by atoms with Crippen molar-refractivity contribution < 1.29 is 9.47 Å². The lowest BCUT2D eigenvalue weighted by molar-refractivity contribution is -0.190. The first kappa shape index (κ1) is 15.5. The second kappa shape index (κ2) is 6.12. The van der Waals surface area contributed by atoms with Gasteiger partial charge >= 0.3 is 0 Å². The van der Waals surface area contributed by atoms with Crippen molar-refractivity contribution in [2.24, 2.45) is 17.8 Å². The summed E-state index contributed by atoms with van der Waals surface area (Å²) in [6.45, 7) is 4.91. The lowest BCUT2D eigenvalue weighted by Gasteiger charge is -2.56. The fourth-order valence-corrected chi connectivity index (χ4v) is 5.56. The molecule has 5 rings (SSSR count). The molecule has 4 saturated carbocycles. The van der Waals surface area contributed by atoms with E-state index in [0.29, 0.717) is 12.7 Å². The summed E-state index contributed by atoms with van der Waals surface area (Å²) in [5, 5.41) is 0. The second-order valence-corrected chi connectivity index (χ2v) is 8.39. The monoisotopic (exact) mass is 314 g/mol. The number of hydrogen-bond donors (Lipinski definition) is 0. The lowest BCUT2D eigenvalue weighted by atomic mass is 9.54. The van der Waals surface area contributed by atoms with Gasteiger partial charge in [0.25, 0.3) is 0 Å². The number of benzene rings is 1. The van der Waals surface area contributed by atoms with Crippen molar-refractivity contribution in [3.8, 4) is 5.75 Å².